The molecule has 0 bridgehead atoms. The highest BCUT2D eigenvalue weighted by Gasteiger charge is 2.18. The SMILES string of the molecule is CCC(Oc1cccc(Cl)c1)C(=O)NCc1ccc(CN2CCCCC2)cc1. The first kappa shape index (κ1) is 20.7. The molecule has 0 aromatic heterocycles. The molecular formula is C23H29ClN2O2. The van der Waals surface area contributed by atoms with E-state index < -0.39 is 6.10 Å². The van der Waals surface area contributed by atoms with Gasteiger partial charge in [0.05, 0.1) is 0 Å². The fourth-order valence-electron chi connectivity index (χ4n) is 3.47. The van der Waals surface area contributed by atoms with E-state index in [1.54, 1.807) is 12.1 Å². The van der Waals surface area contributed by atoms with Crippen molar-refractivity contribution < 1.29 is 9.53 Å². The van der Waals surface area contributed by atoms with E-state index in [1.807, 2.05) is 19.1 Å². The van der Waals surface area contributed by atoms with Crippen LogP contribution in [0.25, 0.3) is 0 Å². The number of carbonyl (C=O) groups excluding carboxylic acids is 1. The molecule has 5 heteroatoms. The molecule has 1 heterocycles. The van der Waals surface area contributed by atoms with Crippen molar-refractivity contribution in [1.82, 2.24) is 10.2 Å². The maximum Gasteiger partial charge on any atom is 0.261 e. The van der Waals surface area contributed by atoms with Crippen molar-refractivity contribution >= 4 is 17.5 Å². The van der Waals surface area contributed by atoms with Gasteiger partial charge in [-0.3, -0.25) is 9.69 Å². The minimum atomic E-state index is -0.531. The molecule has 1 aliphatic heterocycles. The summed E-state index contributed by atoms with van der Waals surface area (Å²) >= 11 is 5.98. The number of hydrogen-bond donors (Lipinski definition) is 1. The van der Waals surface area contributed by atoms with Crippen LogP contribution in [-0.2, 0) is 17.9 Å². The van der Waals surface area contributed by atoms with Gasteiger partial charge in [0.25, 0.3) is 5.91 Å². The summed E-state index contributed by atoms with van der Waals surface area (Å²) in [5.41, 5.74) is 2.42. The van der Waals surface area contributed by atoms with Crippen LogP contribution in [0, 0.1) is 0 Å². The Morgan fingerprint density at radius 3 is 2.50 bits per heavy atom. The van der Waals surface area contributed by atoms with Crippen LogP contribution in [0.2, 0.25) is 5.02 Å². The molecule has 1 atom stereocenters. The minimum absolute atomic E-state index is 0.111. The van der Waals surface area contributed by atoms with Crippen LogP contribution < -0.4 is 10.1 Å². The lowest BCUT2D eigenvalue weighted by Crippen LogP contribution is -2.37. The van der Waals surface area contributed by atoms with Crippen molar-refractivity contribution in [3.63, 3.8) is 0 Å². The molecule has 1 N–H and O–H groups in total. The van der Waals surface area contributed by atoms with Gasteiger partial charge >= 0.3 is 0 Å². The molecule has 3 rings (SSSR count). The van der Waals surface area contributed by atoms with Gasteiger partial charge in [0.15, 0.2) is 6.10 Å². The van der Waals surface area contributed by atoms with Gasteiger partial charge in [-0.2, -0.15) is 0 Å². The summed E-state index contributed by atoms with van der Waals surface area (Å²) in [6.45, 7) is 5.84. The summed E-state index contributed by atoms with van der Waals surface area (Å²) in [6.07, 6.45) is 4.03. The third-order valence-corrected chi connectivity index (χ3v) is 5.32. The number of nitrogens with one attached hydrogen (secondary N) is 1. The van der Waals surface area contributed by atoms with Crippen molar-refractivity contribution in [2.75, 3.05) is 13.1 Å². The van der Waals surface area contributed by atoms with Gasteiger partial charge < -0.3 is 10.1 Å². The van der Waals surface area contributed by atoms with E-state index in [4.69, 9.17) is 16.3 Å². The van der Waals surface area contributed by atoms with Gasteiger partial charge in [-0.25, -0.2) is 0 Å². The van der Waals surface area contributed by atoms with E-state index in [0.717, 1.165) is 12.1 Å². The number of ether oxygens (including phenoxy) is 1. The molecule has 1 fully saturated rings. The fourth-order valence-corrected chi connectivity index (χ4v) is 3.65. The molecular weight excluding hydrogens is 372 g/mol. The topological polar surface area (TPSA) is 41.6 Å². The van der Waals surface area contributed by atoms with Crippen molar-refractivity contribution in [1.29, 1.82) is 0 Å². The maximum absolute atomic E-state index is 12.5. The first-order chi connectivity index (χ1) is 13.6. The normalized spacial score (nSPS) is 15.8. The van der Waals surface area contributed by atoms with Gasteiger partial charge in [-0.1, -0.05) is 55.3 Å². The third-order valence-electron chi connectivity index (χ3n) is 5.08. The van der Waals surface area contributed by atoms with Crippen molar-refractivity contribution in [2.24, 2.45) is 0 Å². The molecule has 0 aliphatic carbocycles. The molecule has 2 aromatic carbocycles. The lowest BCUT2D eigenvalue weighted by atomic mass is 10.1. The molecule has 1 amide bonds. The Morgan fingerprint density at radius 1 is 1.11 bits per heavy atom. The van der Waals surface area contributed by atoms with Crippen LogP contribution >= 0.6 is 11.6 Å². The fraction of sp³-hybridized carbons (Fsp3) is 0.435. The number of piperidine rings is 1. The van der Waals surface area contributed by atoms with Crippen molar-refractivity contribution in [3.05, 3.63) is 64.7 Å². The van der Waals surface area contributed by atoms with E-state index in [1.165, 1.54) is 37.9 Å². The summed E-state index contributed by atoms with van der Waals surface area (Å²) in [5, 5.41) is 3.57. The highest BCUT2D eigenvalue weighted by atomic mass is 35.5. The molecule has 150 valence electrons. The smallest absolute Gasteiger partial charge is 0.261 e. The largest absolute Gasteiger partial charge is 0.481 e. The first-order valence-corrected chi connectivity index (χ1v) is 10.5. The van der Waals surface area contributed by atoms with Crippen LogP contribution in [-0.4, -0.2) is 30.0 Å². The zero-order valence-corrected chi connectivity index (χ0v) is 17.3. The van der Waals surface area contributed by atoms with E-state index in [-0.39, 0.29) is 5.91 Å². The van der Waals surface area contributed by atoms with Crippen LogP contribution in [0.3, 0.4) is 0 Å². The number of carbonyl (C=O) groups is 1. The van der Waals surface area contributed by atoms with E-state index in [0.29, 0.717) is 23.7 Å². The van der Waals surface area contributed by atoms with Crippen molar-refractivity contribution in [2.45, 2.75) is 51.8 Å². The second-order valence-corrected chi connectivity index (χ2v) is 7.78. The third kappa shape index (κ3) is 6.25. The van der Waals surface area contributed by atoms with Crippen molar-refractivity contribution in [3.8, 4) is 5.75 Å². The Bertz CT molecular complexity index is 757. The Kier molecular flexibility index (Phi) is 7.75. The number of hydrogen-bond acceptors (Lipinski definition) is 3. The number of likely N-dealkylation sites (tertiary alicyclic amines) is 1. The molecule has 0 radical (unpaired) electrons. The van der Waals surface area contributed by atoms with Gasteiger partial charge in [0.2, 0.25) is 0 Å². The van der Waals surface area contributed by atoms with Gasteiger partial charge in [0.1, 0.15) is 5.75 Å². The highest BCUT2D eigenvalue weighted by Crippen LogP contribution is 2.19. The Morgan fingerprint density at radius 2 is 1.82 bits per heavy atom. The Labute approximate surface area is 172 Å². The molecule has 28 heavy (non-hydrogen) atoms. The molecule has 4 nitrogen and oxygen atoms in total. The van der Waals surface area contributed by atoms with E-state index in [2.05, 4.69) is 34.5 Å². The monoisotopic (exact) mass is 400 g/mol. The zero-order chi connectivity index (χ0) is 19.8. The lowest BCUT2D eigenvalue weighted by molar-refractivity contribution is -0.128. The summed E-state index contributed by atoms with van der Waals surface area (Å²) in [4.78, 5) is 15.0. The van der Waals surface area contributed by atoms with Gasteiger partial charge in [0, 0.05) is 18.1 Å². The second kappa shape index (κ2) is 10.5. The zero-order valence-electron chi connectivity index (χ0n) is 16.5. The number of halogens is 1. The first-order valence-electron chi connectivity index (χ1n) is 10.1. The molecule has 0 saturated carbocycles. The summed E-state index contributed by atoms with van der Waals surface area (Å²) in [6, 6.07) is 15.6. The maximum atomic E-state index is 12.5. The number of nitrogens with zero attached hydrogens (tertiary/aromatic N) is 1. The van der Waals surface area contributed by atoms with Crippen LogP contribution in [0.4, 0.5) is 0 Å². The van der Waals surface area contributed by atoms with Gasteiger partial charge in [-0.15, -0.1) is 0 Å². The predicted octanol–water partition coefficient (Wildman–Crippen LogP) is 4.80. The van der Waals surface area contributed by atoms with Crippen LogP contribution in [0.15, 0.2) is 48.5 Å². The molecule has 1 unspecified atom stereocenters. The molecule has 0 spiro atoms. The highest BCUT2D eigenvalue weighted by molar-refractivity contribution is 6.30. The lowest BCUT2D eigenvalue weighted by Gasteiger charge is -2.26. The molecule has 2 aromatic rings. The molecule has 1 aliphatic rings. The van der Waals surface area contributed by atoms with E-state index >= 15 is 0 Å². The van der Waals surface area contributed by atoms with Crippen LogP contribution in [0.5, 0.6) is 5.75 Å². The van der Waals surface area contributed by atoms with Crippen LogP contribution in [0.1, 0.15) is 43.7 Å². The number of amides is 1. The van der Waals surface area contributed by atoms with Gasteiger partial charge in [-0.05, 0) is 61.7 Å². The number of rotatable bonds is 8. The average Bonchev–Trinajstić information content (AvgIpc) is 2.72. The average molecular weight is 401 g/mol. The van der Waals surface area contributed by atoms with E-state index in [9.17, 15) is 4.79 Å². The summed E-state index contributed by atoms with van der Waals surface area (Å²) in [5.74, 6) is 0.497. The second-order valence-electron chi connectivity index (χ2n) is 7.34. The minimum Gasteiger partial charge on any atom is -0.481 e. The predicted molar refractivity (Wildman–Crippen MR) is 114 cm³/mol. The summed E-state index contributed by atoms with van der Waals surface area (Å²) < 4.78 is 5.80. The standard InChI is InChI=1S/C23H29ClN2O2/c1-2-22(28-21-8-6-7-20(24)15-21)23(27)25-16-18-9-11-19(12-10-18)17-26-13-4-3-5-14-26/h6-12,15,22H,2-5,13-14,16-17H2,1H3,(H,25,27). The Hall–Kier alpha value is -2.04. The Balaban J connectivity index is 1.48. The number of benzene rings is 2. The quantitative estimate of drug-likeness (QED) is 0.692. The summed E-state index contributed by atoms with van der Waals surface area (Å²) in [7, 11) is 0. The molecule has 1 saturated heterocycles.